The minimum atomic E-state index is 0.481. The van der Waals surface area contributed by atoms with E-state index in [2.05, 4.69) is 48.5 Å². The Labute approximate surface area is 149 Å². The number of unbranched alkanes of at least 4 members (excludes halogenated alkanes) is 6. The number of rotatable bonds is 14. The second-order valence-electron chi connectivity index (χ2n) is 9.99. The van der Waals surface area contributed by atoms with E-state index in [0.717, 1.165) is 5.92 Å². The van der Waals surface area contributed by atoms with Crippen LogP contribution in [0, 0.1) is 11.3 Å². The molecular formula is C22H47B. The first-order valence-corrected chi connectivity index (χ1v) is 10.7. The highest BCUT2D eigenvalue weighted by atomic mass is 14.2. The van der Waals surface area contributed by atoms with Gasteiger partial charge in [-0.3, -0.25) is 0 Å². The first-order chi connectivity index (χ1) is 10.7. The summed E-state index contributed by atoms with van der Waals surface area (Å²) < 4.78 is 0. The van der Waals surface area contributed by atoms with Crippen molar-refractivity contribution >= 4 is 7.28 Å². The third-order valence-electron chi connectivity index (χ3n) is 5.32. The Bertz CT molecular complexity index is 250. The van der Waals surface area contributed by atoms with E-state index in [9.17, 15) is 0 Å². The molecule has 0 bridgehead atoms. The third kappa shape index (κ3) is 15.3. The Hall–Kier alpha value is 0.0649. The smallest absolute Gasteiger partial charge is 0.0720 e. The predicted octanol–water partition coefficient (Wildman–Crippen LogP) is 8.03. The molecule has 0 fully saturated rings. The van der Waals surface area contributed by atoms with Crippen LogP contribution >= 0.6 is 0 Å². The van der Waals surface area contributed by atoms with Crippen molar-refractivity contribution in [2.75, 3.05) is 0 Å². The van der Waals surface area contributed by atoms with Crippen LogP contribution in [0.4, 0.5) is 0 Å². The summed E-state index contributed by atoms with van der Waals surface area (Å²) in [6, 6.07) is 0. The van der Waals surface area contributed by atoms with E-state index in [4.69, 9.17) is 0 Å². The molecule has 0 aromatic rings. The highest BCUT2D eigenvalue weighted by Gasteiger charge is 2.26. The topological polar surface area (TPSA) is 0 Å². The van der Waals surface area contributed by atoms with E-state index in [1.807, 2.05) is 0 Å². The average molecular weight is 322 g/mol. The van der Waals surface area contributed by atoms with Crippen LogP contribution < -0.4 is 0 Å². The summed E-state index contributed by atoms with van der Waals surface area (Å²) in [4.78, 5) is 0. The van der Waals surface area contributed by atoms with Gasteiger partial charge in [0.05, 0.1) is 0 Å². The summed E-state index contributed by atoms with van der Waals surface area (Å²) in [5, 5.41) is 0.521. The summed E-state index contributed by atoms with van der Waals surface area (Å²) in [7, 11) is 1.39. The van der Waals surface area contributed by atoms with Crippen molar-refractivity contribution in [1.29, 1.82) is 0 Å². The monoisotopic (exact) mass is 322 g/mol. The van der Waals surface area contributed by atoms with Crippen LogP contribution in [0.3, 0.4) is 0 Å². The molecule has 0 saturated heterocycles. The lowest BCUT2D eigenvalue weighted by atomic mass is 9.46. The maximum Gasteiger partial charge on any atom is 0.127 e. The average Bonchev–Trinajstić information content (AvgIpc) is 2.45. The van der Waals surface area contributed by atoms with Crippen molar-refractivity contribution in [1.82, 2.24) is 0 Å². The zero-order chi connectivity index (χ0) is 17.8. The molecule has 23 heavy (non-hydrogen) atoms. The van der Waals surface area contributed by atoms with Crippen molar-refractivity contribution in [3.8, 4) is 0 Å². The quantitative estimate of drug-likeness (QED) is 0.224. The standard InChI is InChI=1S/C22H47B/c1-8-10-12-14-16-20(17-15-13-11-9-2)18-22(6,7)23-19-21(3,4)5/h20,23H,8-19H2,1-7H3. The molecule has 0 aliphatic heterocycles. The highest BCUT2D eigenvalue weighted by molar-refractivity contribution is 6.39. The van der Waals surface area contributed by atoms with Gasteiger partial charge < -0.3 is 0 Å². The molecule has 0 saturated carbocycles. The van der Waals surface area contributed by atoms with Gasteiger partial charge in [-0.25, -0.2) is 0 Å². The van der Waals surface area contributed by atoms with E-state index >= 15 is 0 Å². The Kier molecular flexibility index (Phi) is 12.5. The van der Waals surface area contributed by atoms with Crippen LogP contribution in [0.2, 0.25) is 11.6 Å². The molecule has 0 aromatic heterocycles. The molecule has 0 nitrogen and oxygen atoms in total. The number of hydrogen-bond donors (Lipinski definition) is 0. The minimum absolute atomic E-state index is 0.481. The lowest BCUT2D eigenvalue weighted by molar-refractivity contribution is 0.343. The Morgan fingerprint density at radius 1 is 0.696 bits per heavy atom. The number of hydrogen-bond acceptors (Lipinski definition) is 0. The van der Waals surface area contributed by atoms with Gasteiger partial charge in [-0.05, 0) is 11.3 Å². The van der Waals surface area contributed by atoms with Crippen molar-refractivity contribution in [2.45, 2.75) is 131 Å². The largest absolute Gasteiger partial charge is 0.127 e. The van der Waals surface area contributed by atoms with Gasteiger partial charge in [-0.2, -0.15) is 0 Å². The summed E-state index contributed by atoms with van der Waals surface area (Å²) in [5.74, 6) is 0.971. The molecule has 0 atom stereocenters. The molecule has 0 unspecified atom stereocenters. The molecule has 0 aliphatic carbocycles. The van der Waals surface area contributed by atoms with Gasteiger partial charge in [0.1, 0.15) is 7.28 Å². The lowest BCUT2D eigenvalue weighted by Crippen LogP contribution is -2.22. The van der Waals surface area contributed by atoms with Gasteiger partial charge in [-0.1, -0.05) is 131 Å². The minimum Gasteiger partial charge on any atom is -0.0720 e. The molecule has 0 aliphatic rings. The summed E-state index contributed by atoms with van der Waals surface area (Å²) in [6.07, 6.45) is 17.1. The van der Waals surface area contributed by atoms with Gasteiger partial charge in [0, 0.05) is 0 Å². The Morgan fingerprint density at radius 3 is 1.57 bits per heavy atom. The first-order valence-electron chi connectivity index (χ1n) is 10.7. The van der Waals surface area contributed by atoms with Crippen LogP contribution in [0.1, 0.15) is 119 Å². The summed E-state index contributed by atoms with van der Waals surface area (Å²) in [5.41, 5.74) is 0.481. The van der Waals surface area contributed by atoms with Crippen LogP contribution in [-0.4, -0.2) is 7.28 Å². The molecule has 138 valence electrons. The van der Waals surface area contributed by atoms with Crippen LogP contribution in [0.25, 0.3) is 0 Å². The fourth-order valence-electron chi connectivity index (χ4n) is 3.66. The van der Waals surface area contributed by atoms with Crippen molar-refractivity contribution in [3.05, 3.63) is 0 Å². The molecule has 0 N–H and O–H groups in total. The maximum absolute atomic E-state index is 2.52. The third-order valence-corrected chi connectivity index (χ3v) is 5.32. The second-order valence-corrected chi connectivity index (χ2v) is 9.99. The first kappa shape index (κ1) is 23.1. The normalized spacial score (nSPS) is 12.9. The Balaban J connectivity index is 4.33. The molecular weight excluding hydrogens is 275 g/mol. The summed E-state index contributed by atoms with van der Waals surface area (Å²) >= 11 is 0. The van der Waals surface area contributed by atoms with E-state index in [0.29, 0.717) is 10.7 Å². The molecule has 1 heteroatoms. The zero-order valence-electron chi connectivity index (χ0n) is 17.8. The second kappa shape index (κ2) is 12.4. The predicted molar refractivity (Wildman–Crippen MR) is 111 cm³/mol. The maximum atomic E-state index is 2.52. The van der Waals surface area contributed by atoms with E-state index in [-0.39, 0.29) is 0 Å². The molecule has 0 aromatic carbocycles. The van der Waals surface area contributed by atoms with Crippen molar-refractivity contribution in [2.24, 2.45) is 11.3 Å². The molecule has 0 radical (unpaired) electrons. The van der Waals surface area contributed by atoms with Gasteiger partial charge in [0.2, 0.25) is 0 Å². The zero-order valence-corrected chi connectivity index (χ0v) is 17.8. The molecule has 0 heterocycles. The lowest BCUT2D eigenvalue weighted by Gasteiger charge is -2.32. The van der Waals surface area contributed by atoms with Crippen LogP contribution in [-0.2, 0) is 0 Å². The van der Waals surface area contributed by atoms with Crippen molar-refractivity contribution in [3.63, 3.8) is 0 Å². The van der Waals surface area contributed by atoms with Gasteiger partial charge in [0.25, 0.3) is 0 Å². The van der Waals surface area contributed by atoms with Gasteiger partial charge in [0.15, 0.2) is 0 Å². The van der Waals surface area contributed by atoms with Crippen LogP contribution in [0.15, 0.2) is 0 Å². The van der Waals surface area contributed by atoms with Crippen molar-refractivity contribution < 1.29 is 0 Å². The summed E-state index contributed by atoms with van der Waals surface area (Å²) in [6.45, 7) is 16.8. The SMILES string of the molecule is CCCCCCC(CCCCCC)CC(C)(C)BCC(C)(C)C. The van der Waals surface area contributed by atoms with E-state index in [1.54, 1.807) is 0 Å². The van der Waals surface area contributed by atoms with Crippen LogP contribution in [0.5, 0.6) is 0 Å². The molecule has 0 spiro atoms. The van der Waals surface area contributed by atoms with E-state index < -0.39 is 0 Å². The fraction of sp³-hybridized carbons (Fsp3) is 1.00. The molecule has 0 amide bonds. The Morgan fingerprint density at radius 2 is 1.17 bits per heavy atom. The molecule has 0 rings (SSSR count). The fourth-order valence-corrected chi connectivity index (χ4v) is 3.66. The van der Waals surface area contributed by atoms with Gasteiger partial charge >= 0.3 is 0 Å². The van der Waals surface area contributed by atoms with Gasteiger partial charge in [-0.15, -0.1) is 0 Å². The highest BCUT2D eigenvalue weighted by Crippen LogP contribution is 2.39. The van der Waals surface area contributed by atoms with E-state index in [1.165, 1.54) is 84.2 Å².